The van der Waals surface area contributed by atoms with E-state index in [2.05, 4.69) is 40.1 Å². The molecule has 0 atom stereocenters. The van der Waals surface area contributed by atoms with Crippen molar-refractivity contribution in [2.45, 2.75) is 58.3 Å². The smallest absolute Gasteiger partial charge is 0.144 e. The minimum absolute atomic E-state index is 0.613. The summed E-state index contributed by atoms with van der Waals surface area (Å²) in [7, 11) is 1.93. The van der Waals surface area contributed by atoms with Crippen molar-refractivity contribution in [2.24, 2.45) is 5.92 Å². The Balaban J connectivity index is 2.26. The van der Waals surface area contributed by atoms with Gasteiger partial charge in [0.05, 0.1) is 10.2 Å². The van der Waals surface area contributed by atoms with E-state index in [1.807, 2.05) is 7.05 Å². The Hall–Kier alpha value is -0.640. The van der Waals surface area contributed by atoms with Crippen molar-refractivity contribution in [2.75, 3.05) is 12.4 Å². The molecule has 0 radical (unpaired) electrons. The average molecular weight is 326 g/mol. The van der Waals surface area contributed by atoms with Crippen molar-refractivity contribution in [1.29, 1.82) is 0 Å². The predicted molar refractivity (Wildman–Crippen MR) is 83.6 cm³/mol. The number of aryl methyl sites for hydroxylation is 1. The van der Waals surface area contributed by atoms with Gasteiger partial charge in [0, 0.05) is 19.4 Å². The lowest BCUT2D eigenvalue weighted by molar-refractivity contribution is 0.570. The van der Waals surface area contributed by atoms with Crippen LogP contribution in [0.25, 0.3) is 0 Å². The number of anilines is 1. The molecule has 0 saturated heterocycles. The Morgan fingerprint density at radius 1 is 1.26 bits per heavy atom. The van der Waals surface area contributed by atoms with Crippen molar-refractivity contribution in [3.05, 3.63) is 16.0 Å². The molecule has 1 aliphatic rings. The lowest BCUT2D eigenvalue weighted by Gasteiger charge is -2.15. The number of hydrogen-bond acceptors (Lipinski definition) is 3. The number of halogens is 1. The monoisotopic (exact) mass is 325 g/mol. The van der Waals surface area contributed by atoms with E-state index in [-0.39, 0.29) is 0 Å². The predicted octanol–water partition coefficient (Wildman–Crippen LogP) is 4.53. The van der Waals surface area contributed by atoms with Gasteiger partial charge in [0.1, 0.15) is 11.6 Å². The summed E-state index contributed by atoms with van der Waals surface area (Å²) in [5.74, 6) is 3.24. The molecule has 3 nitrogen and oxygen atoms in total. The van der Waals surface area contributed by atoms with Gasteiger partial charge in [-0.2, -0.15) is 0 Å². The zero-order valence-electron chi connectivity index (χ0n) is 12.2. The second kappa shape index (κ2) is 6.69. The molecule has 1 N–H and O–H groups in total. The molecule has 0 aromatic carbocycles. The van der Waals surface area contributed by atoms with Gasteiger partial charge in [0.25, 0.3) is 0 Å². The third-order valence-electron chi connectivity index (χ3n) is 3.85. The van der Waals surface area contributed by atoms with Crippen LogP contribution >= 0.6 is 15.9 Å². The highest BCUT2D eigenvalue weighted by molar-refractivity contribution is 9.10. The van der Waals surface area contributed by atoms with E-state index in [0.29, 0.717) is 11.8 Å². The molecule has 1 fully saturated rings. The molecule has 0 aliphatic heterocycles. The third-order valence-corrected chi connectivity index (χ3v) is 4.63. The fourth-order valence-corrected chi connectivity index (χ4v) is 3.38. The summed E-state index contributed by atoms with van der Waals surface area (Å²) in [5.41, 5.74) is 1.22. The first-order chi connectivity index (χ1) is 9.11. The lowest BCUT2D eigenvalue weighted by atomic mass is 10.0. The van der Waals surface area contributed by atoms with Gasteiger partial charge < -0.3 is 5.32 Å². The van der Waals surface area contributed by atoms with Crippen LogP contribution in [-0.4, -0.2) is 17.0 Å². The molecule has 0 amide bonds. The summed E-state index contributed by atoms with van der Waals surface area (Å²) >= 11 is 3.68. The topological polar surface area (TPSA) is 37.8 Å². The minimum atomic E-state index is 0.613. The lowest BCUT2D eigenvalue weighted by Crippen LogP contribution is -2.09. The molecular weight excluding hydrogens is 302 g/mol. The van der Waals surface area contributed by atoms with E-state index in [1.165, 1.54) is 31.4 Å². The van der Waals surface area contributed by atoms with Crippen LogP contribution in [0, 0.1) is 5.92 Å². The maximum Gasteiger partial charge on any atom is 0.144 e. The van der Waals surface area contributed by atoms with Gasteiger partial charge >= 0.3 is 0 Å². The van der Waals surface area contributed by atoms with Crippen LogP contribution in [0.1, 0.15) is 63.4 Å². The maximum atomic E-state index is 4.84. The van der Waals surface area contributed by atoms with Crippen LogP contribution in [-0.2, 0) is 6.42 Å². The molecular formula is C15H24BrN3. The van der Waals surface area contributed by atoms with Gasteiger partial charge in [0.2, 0.25) is 0 Å². The highest BCUT2D eigenvalue weighted by Gasteiger charge is 2.23. The fraction of sp³-hybridized carbons (Fsp3) is 0.733. The van der Waals surface area contributed by atoms with E-state index >= 15 is 0 Å². The number of rotatable bonds is 5. The van der Waals surface area contributed by atoms with Gasteiger partial charge in [-0.1, -0.05) is 26.7 Å². The first-order valence-electron chi connectivity index (χ1n) is 7.36. The zero-order chi connectivity index (χ0) is 13.8. The second-order valence-corrected chi connectivity index (χ2v) is 6.64. The SMILES string of the molecule is CNc1nc(CCC(C)C)nc(C2CCCC2)c1Br. The summed E-state index contributed by atoms with van der Waals surface area (Å²) < 4.78 is 1.06. The van der Waals surface area contributed by atoms with Gasteiger partial charge in [-0.3, -0.25) is 0 Å². The summed E-state index contributed by atoms with van der Waals surface area (Å²) in [6.07, 6.45) is 7.31. The maximum absolute atomic E-state index is 4.84. The van der Waals surface area contributed by atoms with Crippen molar-refractivity contribution in [3.8, 4) is 0 Å². The summed E-state index contributed by atoms with van der Waals surface area (Å²) in [6, 6.07) is 0. The average Bonchev–Trinajstić information content (AvgIpc) is 2.91. The molecule has 0 bridgehead atoms. The molecule has 0 spiro atoms. The van der Waals surface area contributed by atoms with Crippen LogP contribution in [0.5, 0.6) is 0 Å². The summed E-state index contributed by atoms with van der Waals surface area (Å²) in [6.45, 7) is 4.49. The standard InChI is InChI=1S/C15H24BrN3/c1-10(2)8-9-12-18-14(11-6-4-5-7-11)13(16)15(17-3)19-12/h10-11H,4-9H2,1-3H3,(H,17,18,19). The largest absolute Gasteiger partial charge is 0.372 e. The van der Waals surface area contributed by atoms with Crippen molar-refractivity contribution < 1.29 is 0 Å². The van der Waals surface area contributed by atoms with Crippen LogP contribution in [0.4, 0.5) is 5.82 Å². The van der Waals surface area contributed by atoms with E-state index in [9.17, 15) is 0 Å². The van der Waals surface area contributed by atoms with Crippen molar-refractivity contribution >= 4 is 21.7 Å². The highest BCUT2D eigenvalue weighted by atomic mass is 79.9. The van der Waals surface area contributed by atoms with E-state index in [4.69, 9.17) is 4.98 Å². The van der Waals surface area contributed by atoms with Gasteiger partial charge in [-0.25, -0.2) is 9.97 Å². The zero-order valence-corrected chi connectivity index (χ0v) is 13.8. The molecule has 19 heavy (non-hydrogen) atoms. The molecule has 2 rings (SSSR count). The second-order valence-electron chi connectivity index (χ2n) is 5.85. The Morgan fingerprint density at radius 2 is 1.95 bits per heavy atom. The molecule has 1 aromatic rings. The Bertz CT molecular complexity index is 426. The number of aromatic nitrogens is 2. The van der Waals surface area contributed by atoms with E-state index in [1.54, 1.807) is 0 Å². The van der Waals surface area contributed by atoms with Crippen LogP contribution in [0.2, 0.25) is 0 Å². The number of hydrogen-bond donors (Lipinski definition) is 1. The van der Waals surface area contributed by atoms with Crippen molar-refractivity contribution in [1.82, 2.24) is 9.97 Å². The van der Waals surface area contributed by atoms with Gasteiger partial charge in [-0.15, -0.1) is 0 Å². The first kappa shape index (κ1) is 14.8. The Kier molecular flexibility index (Phi) is 5.20. The fourth-order valence-electron chi connectivity index (χ4n) is 2.68. The van der Waals surface area contributed by atoms with Gasteiger partial charge in [-0.05, 0) is 41.1 Å². The van der Waals surface area contributed by atoms with Gasteiger partial charge in [0.15, 0.2) is 0 Å². The quantitative estimate of drug-likeness (QED) is 0.864. The molecule has 4 heteroatoms. The van der Waals surface area contributed by atoms with Crippen LogP contribution in [0.15, 0.2) is 4.47 Å². The minimum Gasteiger partial charge on any atom is -0.372 e. The molecule has 1 aliphatic carbocycles. The van der Waals surface area contributed by atoms with Crippen molar-refractivity contribution in [3.63, 3.8) is 0 Å². The first-order valence-corrected chi connectivity index (χ1v) is 8.15. The number of nitrogens with zero attached hydrogens (tertiary/aromatic N) is 2. The third kappa shape index (κ3) is 3.68. The van der Waals surface area contributed by atoms with Crippen LogP contribution < -0.4 is 5.32 Å². The molecule has 1 saturated carbocycles. The Morgan fingerprint density at radius 3 is 2.53 bits per heavy atom. The highest BCUT2D eigenvalue weighted by Crippen LogP contribution is 2.38. The molecule has 0 unspecified atom stereocenters. The normalized spacial score (nSPS) is 16.3. The molecule has 106 valence electrons. The molecule has 1 heterocycles. The Labute approximate surface area is 124 Å². The van der Waals surface area contributed by atoms with E-state index < -0.39 is 0 Å². The summed E-state index contributed by atoms with van der Waals surface area (Å²) in [4.78, 5) is 9.46. The molecule has 1 aromatic heterocycles. The number of nitrogens with one attached hydrogen (secondary N) is 1. The summed E-state index contributed by atoms with van der Waals surface area (Å²) in [5, 5.41) is 3.19. The van der Waals surface area contributed by atoms with E-state index in [0.717, 1.165) is 29.0 Å². The van der Waals surface area contributed by atoms with Crippen LogP contribution in [0.3, 0.4) is 0 Å².